The van der Waals surface area contributed by atoms with E-state index in [9.17, 15) is 9.59 Å². The average Bonchev–Trinajstić information content (AvgIpc) is 2.92. The van der Waals surface area contributed by atoms with Crippen molar-refractivity contribution in [2.24, 2.45) is 5.92 Å². The van der Waals surface area contributed by atoms with Crippen molar-refractivity contribution in [2.75, 3.05) is 0 Å². The fraction of sp³-hybridized carbons (Fsp3) is 0.478. The second-order valence-corrected chi connectivity index (χ2v) is 8.59. The molecule has 0 aromatic heterocycles. The van der Waals surface area contributed by atoms with Gasteiger partial charge in [-0.05, 0) is 63.5 Å². The average molecular weight is 419 g/mol. The Morgan fingerprint density at radius 3 is 2.55 bits per heavy atom. The van der Waals surface area contributed by atoms with Crippen molar-refractivity contribution < 1.29 is 23.8 Å². The van der Waals surface area contributed by atoms with Gasteiger partial charge in [-0.15, -0.1) is 0 Å². The van der Waals surface area contributed by atoms with Crippen molar-refractivity contribution in [3.05, 3.63) is 52.1 Å². The Kier molecular flexibility index (Phi) is 6.32. The molecule has 3 rings (SSSR count). The highest BCUT2D eigenvalue weighted by atomic mass is 35.5. The van der Waals surface area contributed by atoms with Gasteiger partial charge in [-0.25, -0.2) is 4.79 Å². The molecule has 0 aliphatic carbocycles. The predicted molar refractivity (Wildman–Crippen MR) is 112 cm³/mol. The zero-order valence-electron chi connectivity index (χ0n) is 17.4. The Bertz CT molecular complexity index is 870. The van der Waals surface area contributed by atoms with Gasteiger partial charge in [-0.2, -0.15) is 0 Å². The molecule has 0 saturated carbocycles. The number of carbonyl (C=O) groups is 2. The minimum Gasteiger partial charge on any atom is -0.458 e. The predicted octanol–water partition coefficient (Wildman–Crippen LogP) is 4.89. The van der Waals surface area contributed by atoms with E-state index in [1.54, 1.807) is 32.1 Å². The maximum absolute atomic E-state index is 12.9. The third-order valence-corrected chi connectivity index (χ3v) is 5.48. The molecule has 156 valence electrons. The number of aryl methyl sites for hydroxylation is 1. The van der Waals surface area contributed by atoms with Crippen molar-refractivity contribution in [2.45, 2.75) is 65.1 Å². The summed E-state index contributed by atoms with van der Waals surface area (Å²) >= 11 is 6.22. The Hall–Kier alpha value is -1.95. The van der Waals surface area contributed by atoms with Gasteiger partial charge in [0.15, 0.2) is 11.6 Å². The van der Waals surface area contributed by atoms with Gasteiger partial charge in [0.2, 0.25) is 0 Å². The van der Waals surface area contributed by atoms with E-state index < -0.39 is 30.1 Å². The van der Waals surface area contributed by atoms with Gasteiger partial charge in [-0.1, -0.05) is 36.8 Å². The molecule has 1 saturated heterocycles. The van der Waals surface area contributed by atoms with E-state index in [0.717, 1.165) is 5.56 Å². The van der Waals surface area contributed by atoms with Gasteiger partial charge in [0.05, 0.1) is 11.7 Å². The molecule has 0 spiro atoms. The highest BCUT2D eigenvalue weighted by Crippen LogP contribution is 2.32. The van der Waals surface area contributed by atoms with Gasteiger partial charge < -0.3 is 14.2 Å². The molecule has 1 aromatic carbocycles. The van der Waals surface area contributed by atoms with E-state index in [2.05, 4.69) is 0 Å². The summed E-state index contributed by atoms with van der Waals surface area (Å²) in [5, 5.41) is 0.541. The van der Waals surface area contributed by atoms with Crippen LogP contribution < -0.4 is 0 Å². The second-order valence-electron chi connectivity index (χ2n) is 8.15. The molecule has 2 heterocycles. The summed E-state index contributed by atoms with van der Waals surface area (Å²) in [5.74, 6) is -1.55. The number of cyclic esters (lactones) is 1. The van der Waals surface area contributed by atoms with E-state index in [4.69, 9.17) is 25.8 Å². The quantitative estimate of drug-likeness (QED) is 0.561. The number of ketones is 1. The third-order valence-electron chi connectivity index (χ3n) is 5.26. The number of benzene rings is 1. The smallest absolute Gasteiger partial charge is 0.339 e. The molecule has 29 heavy (non-hydrogen) atoms. The molecule has 4 atom stereocenters. The SMILES string of the molecule is Cc1cc(Cl)cc2c1C(=O)O[C@@H](C)[C@H](C)/C=C\C(=O)[C@H]1OC(C)(C)O[C@H]1C/C=C/2. The summed E-state index contributed by atoms with van der Waals surface area (Å²) in [5.41, 5.74) is 1.91. The van der Waals surface area contributed by atoms with Crippen LogP contribution in [0.25, 0.3) is 6.08 Å². The highest BCUT2D eigenvalue weighted by molar-refractivity contribution is 6.31. The number of fused-ring (bicyclic) bond motifs is 2. The van der Waals surface area contributed by atoms with Crippen LogP contribution >= 0.6 is 11.6 Å². The van der Waals surface area contributed by atoms with Crippen LogP contribution in [0.4, 0.5) is 0 Å². The monoisotopic (exact) mass is 418 g/mol. The Morgan fingerprint density at radius 2 is 1.83 bits per heavy atom. The lowest BCUT2D eigenvalue weighted by Gasteiger charge is -2.20. The van der Waals surface area contributed by atoms with Crippen molar-refractivity contribution in [1.29, 1.82) is 0 Å². The van der Waals surface area contributed by atoms with Gasteiger partial charge >= 0.3 is 5.97 Å². The van der Waals surface area contributed by atoms with Crippen LogP contribution in [0.15, 0.2) is 30.4 Å². The minimum atomic E-state index is -0.837. The lowest BCUT2D eigenvalue weighted by molar-refractivity contribution is -0.152. The molecule has 5 nitrogen and oxygen atoms in total. The standard InChI is InChI=1S/C23H27ClO5/c1-13-9-10-18(25)21-19(28-23(4,5)29-21)8-6-7-16-12-17(24)11-14(2)20(16)22(26)27-15(13)3/h6-7,9-13,15,19,21H,8H2,1-5H3/b7-6+,10-9-/t13-,15+,19+,21-/m1/s1. The van der Waals surface area contributed by atoms with Gasteiger partial charge in [-0.3, -0.25) is 4.79 Å². The van der Waals surface area contributed by atoms with Crippen LogP contribution in [-0.2, 0) is 19.0 Å². The first-order valence-electron chi connectivity index (χ1n) is 9.83. The Labute approximate surface area is 176 Å². The van der Waals surface area contributed by atoms with E-state index in [0.29, 0.717) is 22.6 Å². The summed E-state index contributed by atoms with van der Waals surface area (Å²) in [7, 11) is 0. The number of halogens is 1. The Morgan fingerprint density at radius 1 is 1.10 bits per heavy atom. The van der Waals surface area contributed by atoms with Crippen molar-refractivity contribution in [3.8, 4) is 0 Å². The van der Waals surface area contributed by atoms with E-state index in [1.807, 2.05) is 32.9 Å². The zero-order valence-corrected chi connectivity index (χ0v) is 18.2. The van der Waals surface area contributed by atoms with Gasteiger partial charge in [0.25, 0.3) is 0 Å². The first-order valence-corrected chi connectivity index (χ1v) is 10.2. The summed E-state index contributed by atoms with van der Waals surface area (Å²) in [6, 6.07) is 3.48. The minimum absolute atomic E-state index is 0.147. The molecule has 0 bridgehead atoms. The number of esters is 1. The molecule has 2 aliphatic heterocycles. The topological polar surface area (TPSA) is 61.8 Å². The molecule has 2 aliphatic rings. The summed E-state index contributed by atoms with van der Waals surface area (Å²) < 4.78 is 17.5. The van der Waals surface area contributed by atoms with E-state index >= 15 is 0 Å². The van der Waals surface area contributed by atoms with Crippen LogP contribution in [0.5, 0.6) is 0 Å². The number of hydrogen-bond acceptors (Lipinski definition) is 5. The fourth-order valence-electron chi connectivity index (χ4n) is 3.59. The summed E-state index contributed by atoms with van der Waals surface area (Å²) in [6.07, 6.45) is 5.91. The largest absolute Gasteiger partial charge is 0.458 e. The molecular weight excluding hydrogens is 392 g/mol. The third kappa shape index (κ3) is 4.97. The molecular formula is C23H27ClO5. The lowest BCUT2D eigenvalue weighted by atomic mass is 9.98. The zero-order chi connectivity index (χ0) is 21.3. The summed E-state index contributed by atoms with van der Waals surface area (Å²) in [4.78, 5) is 25.6. The molecule has 0 N–H and O–H groups in total. The van der Waals surface area contributed by atoms with E-state index in [-0.39, 0.29) is 11.7 Å². The highest BCUT2D eigenvalue weighted by Gasteiger charge is 2.43. The normalized spacial score (nSPS) is 31.9. The first kappa shape index (κ1) is 21.8. The van der Waals surface area contributed by atoms with Crippen LogP contribution in [0.2, 0.25) is 5.02 Å². The van der Waals surface area contributed by atoms with Gasteiger partial charge in [0.1, 0.15) is 12.2 Å². The molecule has 1 aromatic rings. The molecule has 0 amide bonds. The fourth-order valence-corrected chi connectivity index (χ4v) is 3.87. The maximum atomic E-state index is 12.9. The van der Waals surface area contributed by atoms with Crippen molar-refractivity contribution >= 4 is 29.4 Å². The molecule has 0 unspecified atom stereocenters. The maximum Gasteiger partial charge on any atom is 0.339 e. The Balaban J connectivity index is 2.03. The number of rotatable bonds is 0. The summed E-state index contributed by atoms with van der Waals surface area (Å²) in [6.45, 7) is 9.14. The number of hydrogen-bond donors (Lipinski definition) is 0. The van der Waals surface area contributed by atoms with E-state index in [1.165, 1.54) is 6.08 Å². The number of ether oxygens (including phenoxy) is 3. The van der Waals surface area contributed by atoms with Crippen LogP contribution in [0.3, 0.4) is 0 Å². The van der Waals surface area contributed by atoms with Crippen LogP contribution in [-0.4, -0.2) is 35.9 Å². The van der Waals surface area contributed by atoms with Crippen molar-refractivity contribution in [3.63, 3.8) is 0 Å². The molecule has 6 heteroatoms. The molecule has 0 radical (unpaired) electrons. The lowest BCUT2D eigenvalue weighted by Crippen LogP contribution is -2.30. The number of carbonyl (C=O) groups excluding carboxylic acids is 2. The second kappa shape index (κ2) is 8.42. The first-order chi connectivity index (χ1) is 13.6. The van der Waals surface area contributed by atoms with Crippen LogP contribution in [0.1, 0.15) is 55.6 Å². The van der Waals surface area contributed by atoms with Crippen LogP contribution in [0, 0.1) is 12.8 Å². The van der Waals surface area contributed by atoms with Gasteiger partial charge in [0, 0.05) is 10.9 Å². The molecule has 1 fully saturated rings. The van der Waals surface area contributed by atoms with Crippen molar-refractivity contribution in [1.82, 2.24) is 0 Å².